The molecule has 0 nitrogen and oxygen atoms in total. The molecule has 15 heavy (non-hydrogen) atoms. The van der Waals surface area contributed by atoms with E-state index in [-0.39, 0.29) is 0 Å². The molecule has 3 heteroatoms. The maximum absolute atomic E-state index is 12.6. The monoisotopic (exact) mass is 218 g/mol. The summed E-state index contributed by atoms with van der Waals surface area (Å²) in [5.74, 6) is 0.459. The molecule has 0 N–H and O–H groups in total. The second kappa shape index (κ2) is 3.69. The van der Waals surface area contributed by atoms with Crippen molar-refractivity contribution in [2.45, 2.75) is 39.8 Å². The Morgan fingerprint density at radius 3 is 2.27 bits per heavy atom. The minimum absolute atomic E-state index is 0.459. The number of hydrogen-bond acceptors (Lipinski definition) is 0. The summed E-state index contributed by atoms with van der Waals surface area (Å²) < 4.78 is 37.7. The van der Waals surface area contributed by atoms with Gasteiger partial charge < -0.3 is 0 Å². The van der Waals surface area contributed by atoms with Gasteiger partial charge in [0.25, 0.3) is 0 Å². The van der Waals surface area contributed by atoms with Gasteiger partial charge >= 0.3 is 6.18 Å². The van der Waals surface area contributed by atoms with E-state index in [1.807, 2.05) is 6.08 Å². The summed E-state index contributed by atoms with van der Waals surface area (Å²) in [4.78, 5) is 0. The van der Waals surface area contributed by atoms with E-state index in [1.54, 1.807) is 13.8 Å². The molecule has 0 fully saturated rings. The minimum atomic E-state index is -4.30. The van der Waals surface area contributed by atoms with Crippen molar-refractivity contribution < 1.29 is 13.2 Å². The molecule has 0 saturated carbocycles. The van der Waals surface area contributed by atoms with Gasteiger partial charge in [0.15, 0.2) is 0 Å². The summed E-state index contributed by atoms with van der Waals surface area (Å²) in [6.07, 6.45) is -0.732. The molecule has 0 heterocycles. The van der Waals surface area contributed by atoms with E-state index in [0.717, 1.165) is 18.4 Å². The van der Waals surface area contributed by atoms with E-state index in [4.69, 9.17) is 0 Å². The first-order valence-electron chi connectivity index (χ1n) is 5.11. The van der Waals surface area contributed by atoms with Crippen LogP contribution in [0.15, 0.2) is 23.8 Å². The summed E-state index contributed by atoms with van der Waals surface area (Å²) in [6.45, 7) is 8.46. The molecular formula is C12H17F3. The average Bonchev–Trinajstić information content (AvgIpc) is 2.49. The lowest BCUT2D eigenvalue weighted by atomic mass is 9.76. The Balaban J connectivity index is 2.89. The van der Waals surface area contributed by atoms with Gasteiger partial charge in [0.2, 0.25) is 0 Å². The number of alkyl halides is 3. The molecule has 1 aliphatic rings. The quantitative estimate of drug-likeness (QED) is 0.599. The van der Waals surface area contributed by atoms with Crippen LogP contribution in [0.3, 0.4) is 0 Å². The normalized spacial score (nSPS) is 22.8. The fourth-order valence-corrected chi connectivity index (χ4v) is 1.94. The van der Waals surface area contributed by atoms with E-state index in [1.165, 1.54) is 0 Å². The first-order chi connectivity index (χ1) is 6.65. The molecule has 0 saturated heterocycles. The van der Waals surface area contributed by atoms with Crippen LogP contribution in [0.4, 0.5) is 13.2 Å². The molecule has 1 atom stereocenters. The summed E-state index contributed by atoms with van der Waals surface area (Å²) in [5, 5.41) is 0. The summed E-state index contributed by atoms with van der Waals surface area (Å²) in [6, 6.07) is 0. The largest absolute Gasteiger partial charge is 0.412 e. The predicted octanol–water partition coefficient (Wildman–Crippen LogP) is 4.49. The van der Waals surface area contributed by atoms with Gasteiger partial charge in [-0.1, -0.05) is 39.0 Å². The molecule has 1 aliphatic carbocycles. The van der Waals surface area contributed by atoms with E-state index in [0.29, 0.717) is 5.92 Å². The SMILES string of the molecule is C=C(C(F)(F)F)C(C)(C)C1=CCC(C)C1. The molecule has 0 aliphatic heterocycles. The van der Waals surface area contributed by atoms with Crippen molar-refractivity contribution in [2.75, 3.05) is 0 Å². The highest BCUT2D eigenvalue weighted by Gasteiger charge is 2.43. The maximum atomic E-state index is 12.6. The Labute approximate surface area is 88.9 Å². The van der Waals surface area contributed by atoms with Crippen LogP contribution in [0.1, 0.15) is 33.6 Å². The minimum Gasteiger partial charge on any atom is -0.166 e. The fraction of sp³-hybridized carbons (Fsp3) is 0.667. The van der Waals surface area contributed by atoms with Gasteiger partial charge in [0, 0.05) is 11.0 Å². The Morgan fingerprint density at radius 1 is 1.40 bits per heavy atom. The lowest BCUT2D eigenvalue weighted by molar-refractivity contribution is -0.102. The van der Waals surface area contributed by atoms with Crippen molar-refractivity contribution in [2.24, 2.45) is 11.3 Å². The molecule has 0 aromatic heterocycles. The lowest BCUT2D eigenvalue weighted by Crippen LogP contribution is -2.27. The molecule has 0 radical (unpaired) electrons. The molecule has 0 aromatic carbocycles. The van der Waals surface area contributed by atoms with Crippen molar-refractivity contribution in [3.63, 3.8) is 0 Å². The van der Waals surface area contributed by atoms with E-state index < -0.39 is 17.2 Å². The molecule has 0 amide bonds. The van der Waals surface area contributed by atoms with Crippen molar-refractivity contribution in [1.82, 2.24) is 0 Å². The third kappa shape index (κ3) is 2.44. The van der Waals surface area contributed by atoms with Crippen LogP contribution in [-0.4, -0.2) is 6.18 Å². The van der Waals surface area contributed by atoms with Gasteiger partial charge in [-0.15, -0.1) is 0 Å². The van der Waals surface area contributed by atoms with Gasteiger partial charge in [-0.2, -0.15) is 13.2 Å². The topological polar surface area (TPSA) is 0 Å². The summed E-state index contributed by atoms with van der Waals surface area (Å²) in [5.41, 5.74) is -0.726. The Hall–Kier alpha value is -0.730. The van der Waals surface area contributed by atoms with Crippen LogP contribution in [0, 0.1) is 11.3 Å². The fourth-order valence-electron chi connectivity index (χ4n) is 1.94. The van der Waals surface area contributed by atoms with Gasteiger partial charge in [-0.3, -0.25) is 0 Å². The van der Waals surface area contributed by atoms with E-state index in [2.05, 4.69) is 13.5 Å². The number of hydrogen-bond donors (Lipinski definition) is 0. The first-order valence-corrected chi connectivity index (χ1v) is 5.11. The van der Waals surface area contributed by atoms with Gasteiger partial charge in [0.1, 0.15) is 0 Å². The lowest BCUT2D eigenvalue weighted by Gasteiger charge is -2.30. The van der Waals surface area contributed by atoms with Crippen molar-refractivity contribution in [1.29, 1.82) is 0 Å². The van der Waals surface area contributed by atoms with Crippen molar-refractivity contribution in [3.8, 4) is 0 Å². The van der Waals surface area contributed by atoms with E-state index >= 15 is 0 Å². The standard InChI is InChI=1S/C12H17F3/c1-8-5-6-10(7-8)11(3,4)9(2)12(13,14)15/h6,8H,2,5,7H2,1,3-4H3. The van der Waals surface area contributed by atoms with Gasteiger partial charge in [-0.25, -0.2) is 0 Å². The molecule has 0 bridgehead atoms. The van der Waals surface area contributed by atoms with Crippen molar-refractivity contribution in [3.05, 3.63) is 23.8 Å². The molecule has 1 unspecified atom stereocenters. The zero-order valence-corrected chi connectivity index (χ0v) is 9.41. The van der Waals surface area contributed by atoms with E-state index in [9.17, 15) is 13.2 Å². The average molecular weight is 218 g/mol. The molecule has 0 spiro atoms. The first kappa shape index (κ1) is 12.3. The molecule has 0 aromatic rings. The third-order valence-corrected chi connectivity index (χ3v) is 3.23. The highest BCUT2D eigenvalue weighted by Crippen LogP contribution is 2.47. The summed E-state index contributed by atoms with van der Waals surface area (Å²) >= 11 is 0. The van der Waals surface area contributed by atoms with Crippen LogP contribution < -0.4 is 0 Å². The molecular weight excluding hydrogens is 201 g/mol. The second-order valence-corrected chi connectivity index (χ2v) is 4.88. The Bertz CT molecular complexity index is 294. The van der Waals surface area contributed by atoms with Crippen LogP contribution in [0.5, 0.6) is 0 Å². The van der Waals surface area contributed by atoms with Crippen molar-refractivity contribution >= 4 is 0 Å². The molecule has 1 rings (SSSR count). The predicted molar refractivity (Wildman–Crippen MR) is 55.5 cm³/mol. The van der Waals surface area contributed by atoms with Crippen LogP contribution in [0.2, 0.25) is 0 Å². The summed E-state index contributed by atoms with van der Waals surface area (Å²) in [7, 11) is 0. The zero-order chi connectivity index (χ0) is 11.9. The van der Waals surface area contributed by atoms with Gasteiger partial charge in [0.05, 0.1) is 0 Å². The third-order valence-electron chi connectivity index (χ3n) is 3.23. The Morgan fingerprint density at radius 2 is 1.93 bits per heavy atom. The second-order valence-electron chi connectivity index (χ2n) is 4.88. The molecule has 86 valence electrons. The smallest absolute Gasteiger partial charge is 0.166 e. The maximum Gasteiger partial charge on any atom is 0.412 e. The Kier molecular flexibility index (Phi) is 3.04. The number of allylic oxidation sites excluding steroid dienone is 3. The highest BCUT2D eigenvalue weighted by molar-refractivity contribution is 5.30. The number of halogens is 3. The zero-order valence-electron chi connectivity index (χ0n) is 9.41. The van der Waals surface area contributed by atoms with Crippen LogP contribution in [-0.2, 0) is 0 Å². The highest BCUT2D eigenvalue weighted by atomic mass is 19.4. The van der Waals surface area contributed by atoms with Crippen LogP contribution in [0.25, 0.3) is 0 Å². The van der Waals surface area contributed by atoms with Crippen LogP contribution >= 0.6 is 0 Å². The number of rotatable bonds is 2. The van der Waals surface area contributed by atoms with Gasteiger partial charge in [-0.05, 0) is 18.8 Å².